The highest BCUT2D eigenvalue weighted by atomic mass is 16.3. The van der Waals surface area contributed by atoms with Gasteiger partial charge >= 0.3 is 0 Å². The maximum absolute atomic E-state index is 5.76. The Labute approximate surface area is 114 Å². The van der Waals surface area contributed by atoms with Gasteiger partial charge in [0.05, 0.1) is 11.7 Å². The highest BCUT2D eigenvalue weighted by molar-refractivity contribution is 5.38. The van der Waals surface area contributed by atoms with Crippen molar-refractivity contribution in [3.63, 3.8) is 0 Å². The van der Waals surface area contributed by atoms with Crippen LogP contribution in [0, 0.1) is 20.8 Å². The molecule has 2 heterocycles. The lowest BCUT2D eigenvalue weighted by molar-refractivity contribution is 0.491. The van der Waals surface area contributed by atoms with E-state index in [2.05, 4.69) is 30.3 Å². The van der Waals surface area contributed by atoms with Crippen molar-refractivity contribution in [2.45, 2.75) is 40.2 Å². The van der Waals surface area contributed by atoms with Crippen LogP contribution in [-0.2, 0) is 7.05 Å². The number of hydrogen-bond acceptors (Lipinski definition) is 3. The molecule has 0 spiro atoms. The smallest absolute Gasteiger partial charge is 0.106 e. The summed E-state index contributed by atoms with van der Waals surface area (Å²) in [4.78, 5) is 0. The largest absolute Gasteiger partial charge is 0.466 e. The van der Waals surface area contributed by atoms with Crippen molar-refractivity contribution < 1.29 is 4.42 Å². The molecule has 2 rings (SSSR count). The first-order valence-corrected chi connectivity index (χ1v) is 6.84. The van der Waals surface area contributed by atoms with Crippen molar-refractivity contribution in [2.24, 2.45) is 7.05 Å². The molecular weight excluding hydrogens is 238 g/mol. The van der Waals surface area contributed by atoms with E-state index in [1.807, 2.05) is 31.8 Å². The van der Waals surface area contributed by atoms with E-state index in [1.54, 1.807) is 0 Å². The van der Waals surface area contributed by atoms with Crippen LogP contribution in [0.25, 0.3) is 0 Å². The molecule has 0 amide bonds. The Hall–Kier alpha value is -1.55. The Morgan fingerprint density at radius 1 is 1.32 bits per heavy atom. The molecule has 4 heteroatoms. The third-order valence-electron chi connectivity index (χ3n) is 3.53. The fourth-order valence-electron chi connectivity index (χ4n) is 2.46. The molecule has 4 nitrogen and oxygen atoms in total. The lowest BCUT2D eigenvalue weighted by atomic mass is 9.99. The summed E-state index contributed by atoms with van der Waals surface area (Å²) in [5, 5.41) is 8.12. The van der Waals surface area contributed by atoms with E-state index >= 15 is 0 Å². The molecule has 0 aliphatic rings. The number of hydrogen-bond donors (Lipinski definition) is 1. The van der Waals surface area contributed by atoms with Crippen LogP contribution in [0.4, 0.5) is 0 Å². The third-order valence-corrected chi connectivity index (χ3v) is 3.53. The molecule has 2 aromatic heterocycles. The molecule has 2 aromatic rings. The van der Waals surface area contributed by atoms with E-state index in [-0.39, 0.29) is 6.04 Å². The predicted octanol–water partition coefficient (Wildman–Crippen LogP) is 3.03. The maximum atomic E-state index is 5.76. The summed E-state index contributed by atoms with van der Waals surface area (Å²) in [6.45, 7) is 9.29. The van der Waals surface area contributed by atoms with E-state index in [4.69, 9.17) is 4.42 Å². The van der Waals surface area contributed by atoms with Gasteiger partial charge in [-0.2, -0.15) is 5.10 Å². The van der Waals surface area contributed by atoms with Crippen LogP contribution in [0.15, 0.2) is 16.7 Å². The van der Waals surface area contributed by atoms with Crippen molar-refractivity contribution in [2.75, 3.05) is 6.54 Å². The monoisotopic (exact) mass is 261 g/mol. The first-order valence-electron chi connectivity index (χ1n) is 6.84. The highest BCUT2D eigenvalue weighted by Gasteiger charge is 2.23. The Morgan fingerprint density at radius 2 is 2.05 bits per heavy atom. The van der Waals surface area contributed by atoms with Gasteiger partial charge in [0.15, 0.2) is 0 Å². The third kappa shape index (κ3) is 2.73. The Balaban J connectivity index is 2.42. The molecule has 0 saturated heterocycles. The molecule has 0 aromatic carbocycles. The van der Waals surface area contributed by atoms with Crippen LogP contribution in [0.2, 0.25) is 0 Å². The topological polar surface area (TPSA) is 43.0 Å². The molecule has 19 heavy (non-hydrogen) atoms. The second-order valence-corrected chi connectivity index (χ2v) is 5.05. The van der Waals surface area contributed by atoms with Crippen LogP contribution >= 0.6 is 0 Å². The van der Waals surface area contributed by atoms with Gasteiger partial charge < -0.3 is 9.73 Å². The van der Waals surface area contributed by atoms with Gasteiger partial charge in [-0.1, -0.05) is 6.92 Å². The Bertz CT molecular complexity index is 554. The van der Waals surface area contributed by atoms with Gasteiger partial charge in [-0.15, -0.1) is 0 Å². The van der Waals surface area contributed by atoms with Crippen molar-refractivity contribution in [3.05, 3.63) is 40.6 Å². The fraction of sp³-hybridized carbons (Fsp3) is 0.533. The van der Waals surface area contributed by atoms with E-state index in [0.29, 0.717) is 0 Å². The van der Waals surface area contributed by atoms with Gasteiger partial charge in [-0.3, -0.25) is 4.68 Å². The van der Waals surface area contributed by atoms with Crippen LogP contribution < -0.4 is 5.32 Å². The van der Waals surface area contributed by atoms with Gasteiger partial charge in [0.1, 0.15) is 11.5 Å². The summed E-state index contributed by atoms with van der Waals surface area (Å²) in [5.74, 6) is 1.97. The first kappa shape index (κ1) is 13.9. The van der Waals surface area contributed by atoms with Crippen molar-refractivity contribution in [1.82, 2.24) is 15.1 Å². The van der Waals surface area contributed by atoms with Gasteiger partial charge in [0.25, 0.3) is 0 Å². The quantitative estimate of drug-likeness (QED) is 0.899. The minimum atomic E-state index is 0.110. The Morgan fingerprint density at radius 3 is 2.53 bits per heavy atom. The SMILES string of the molecule is CCCNC(c1ccn(C)n1)c1c(C)oc(C)c1C. The standard InChI is InChI=1S/C15H23N3O/c1-6-8-16-15(13-7-9-18(5)17-13)14-10(2)11(3)19-12(14)4/h7,9,15-16H,6,8H2,1-5H3. The zero-order chi connectivity index (χ0) is 14.0. The predicted molar refractivity (Wildman–Crippen MR) is 76.3 cm³/mol. The second kappa shape index (κ2) is 5.61. The zero-order valence-corrected chi connectivity index (χ0v) is 12.4. The van der Waals surface area contributed by atoms with Gasteiger partial charge in [0, 0.05) is 18.8 Å². The molecule has 0 aliphatic carbocycles. The molecule has 1 unspecified atom stereocenters. The highest BCUT2D eigenvalue weighted by Crippen LogP contribution is 2.30. The van der Waals surface area contributed by atoms with Crippen molar-refractivity contribution in [1.29, 1.82) is 0 Å². The lowest BCUT2D eigenvalue weighted by Crippen LogP contribution is -2.24. The summed E-state index contributed by atoms with van der Waals surface area (Å²) >= 11 is 0. The second-order valence-electron chi connectivity index (χ2n) is 5.05. The summed E-state index contributed by atoms with van der Waals surface area (Å²) in [6.07, 6.45) is 3.08. The first-order chi connectivity index (χ1) is 9.04. The van der Waals surface area contributed by atoms with Gasteiger partial charge in [-0.05, 0) is 45.4 Å². The molecule has 1 atom stereocenters. The van der Waals surface area contributed by atoms with E-state index in [1.165, 1.54) is 11.1 Å². The summed E-state index contributed by atoms with van der Waals surface area (Å²) in [6, 6.07) is 2.17. The van der Waals surface area contributed by atoms with E-state index in [0.717, 1.165) is 30.2 Å². The van der Waals surface area contributed by atoms with Crippen molar-refractivity contribution in [3.8, 4) is 0 Å². The minimum absolute atomic E-state index is 0.110. The molecule has 0 aliphatic heterocycles. The average molecular weight is 261 g/mol. The minimum Gasteiger partial charge on any atom is -0.466 e. The van der Waals surface area contributed by atoms with E-state index < -0.39 is 0 Å². The number of nitrogens with one attached hydrogen (secondary N) is 1. The lowest BCUT2D eigenvalue weighted by Gasteiger charge is -2.17. The number of nitrogens with zero attached hydrogens (tertiary/aromatic N) is 2. The van der Waals surface area contributed by atoms with Crippen LogP contribution in [0.3, 0.4) is 0 Å². The fourth-order valence-corrected chi connectivity index (χ4v) is 2.46. The summed E-state index contributed by atoms with van der Waals surface area (Å²) < 4.78 is 7.60. The molecule has 1 N–H and O–H groups in total. The molecule has 0 saturated carbocycles. The number of rotatable bonds is 5. The van der Waals surface area contributed by atoms with Gasteiger partial charge in [0.2, 0.25) is 0 Å². The normalized spacial score (nSPS) is 12.9. The molecule has 104 valence electrons. The summed E-state index contributed by atoms with van der Waals surface area (Å²) in [5.41, 5.74) is 3.49. The van der Waals surface area contributed by atoms with Crippen LogP contribution in [0.5, 0.6) is 0 Å². The van der Waals surface area contributed by atoms with Crippen LogP contribution in [-0.4, -0.2) is 16.3 Å². The zero-order valence-electron chi connectivity index (χ0n) is 12.4. The number of aryl methyl sites for hydroxylation is 3. The number of aromatic nitrogens is 2. The Kier molecular flexibility index (Phi) is 4.10. The molecule has 0 fully saturated rings. The van der Waals surface area contributed by atoms with Crippen molar-refractivity contribution >= 4 is 0 Å². The van der Waals surface area contributed by atoms with E-state index in [9.17, 15) is 0 Å². The average Bonchev–Trinajstić information content (AvgIpc) is 2.88. The molecule has 0 bridgehead atoms. The van der Waals surface area contributed by atoms with Gasteiger partial charge in [-0.25, -0.2) is 0 Å². The number of furan rings is 1. The summed E-state index contributed by atoms with van der Waals surface area (Å²) in [7, 11) is 1.95. The molecule has 0 radical (unpaired) electrons. The maximum Gasteiger partial charge on any atom is 0.106 e. The molecular formula is C15H23N3O. The van der Waals surface area contributed by atoms with Crippen LogP contribution in [0.1, 0.15) is 47.7 Å².